The number of nitrogens with one attached hydrogen (secondary N) is 1. The Kier molecular flexibility index (Phi) is 5.52. The molecule has 1 fully saturated rings. The standard InChI is InChI=1S/C18H20N4O4S/c19-18(24)14-4-3-9-21(12-14)13-17(23)20-15-5-7-16(8-6-15)27(25,26)22-10-1-2-11-22/h3-9,12H,1-2,10-11,13H2,(H2-,19,20,23,24)/p+1. The van der Waals surface area contributed by atoms with Crippen molar-refractivity contribution in [3.63, 3.8) is 0 Å². The molecule has 27 heavy (non-hydrogen) atoms. The van der Waals surface area contributed by atoms with E-state index in [1.165, 1.54) is 22.6 Å². The third kappa shape index (κ3) is 4.50. The van der Waals surface area contributed by atoms with Crippen LogP contribution in [-0.2, 0) is 21.4 Å². The maximum Gasteiger partial charge on any atom is 0.290 e. The Morgan fingerprint density at radius 2 is 1.78 bits per heavy atom. The van der Waals surface area contributed by atoms with Gasteiger partial charge in [-0.1, -0.05) is 0 Å². The van der Waals surface area contributed by atoms with E-state index < -0.39 is 15.9 Å². The fourth-order valence-corrected chi connectivity index (χ4v) is 4.44. The van der Waals surface area contributed by atoms with Gasteiger partial charge in [0.05, 0.1) is 4.90 Å². The summed E-state index contributed by atoms with van der Waals surface area (Å²) in [5, 5.41) is 2.70. The first kappa shape index (κ1) is 19.0. The van der Waals surface area contributed by atoms with Crippen LogP contribution in [0.3, 0.4) is 0 Å². The van der Waals surface area contributed by atoms with E-state index in [0.717, 1.165) is 12.8 Å². The van der Waals surface area contributed by atoms with Crippen molar-refractivity contribution in [3.8, 4) is 0 Å². The fourth-order valence-electron chi connectivity index (χ4n) is 2.92. The Morgan fingerprint density at radius 3 is 2.41 bits per heavy atom. The van der Waals surface area contributed by atoms with Crippen molar-refractivity contribution in [2.75, 3.05) is 18.4 Å². The molecule has 3 rings (SSSR count). The molecule has 8 nitrogen and oxygen atoms in total. The summed E-state index contributed by atoms with van der Waals surface area (Å²) >= 11 is 0. The van der Waals surface area contributed by atoms with Crippen LogP contribution in [0.15, 0.2) is 53.7 Å². The molecule has 2 amide bonds. The third-order valence-corrected chi connectivity index (χ3v) is 6.22. The first-order chi connectivity index (χ1) is 12.9. The monoisotopic (exact) mass is 389 g/mol. The molecule has 0 unspecified atom stereocenters. The summed E-state index contributed by atoms with van der Waals surface area (Å²) in [6.45, 7) is 1.08. The number of amides is 2. The van der Waals surface area contributed by atoms with Gasteiger partial charge in [0, 0.05) is 24.8 Å². The van der Waals surface area contributed by atoms with Crippen molar-refractivity contribution in [2.24, 2.45) is 5.73 Å². The first-order valence-electron chi connectivity index (χ1n) is 8.55. The van der Waals surface area contributed by atoms with Crippen LogP contribution in [0.2, 0.25) is 0 Å². The molecule has 0 atom stereocenters. The second kappa shape index (κ2) is 7.85. The SMILES string of the molecule is NC(=O)c1ccc[n+](CC(=O)Nc2ccc(S(=O)(=O)N3CCCC3)cc2)c1. The van der Waals surface area contributed by atoms with E-state index in [0.29, 0.717) is 24.3 Å². The number of primary amides is 1. The summed E-state index contributed by atoms with van der Waals surface area (Å²) in [5.74, 6) is -0.878. The summed E-state index contributed by atoms with van der Waals surface area (Å²) in [4.78, 5) is 23.6. The Balaban J connectivity index is 1.65. The Labute approximate surface area is 157 Å². The lowest BCUT2D eigenvalue weighted by molar-refractivity contribution is -0.684. The average Bonchev–Trinajstić information content (AvgIpc) is 3.18. The average molecular weight is 389 g/mol. The quantitative estimate of drug-likeness (QED) is 0.700. The highest BCUT2D eigenvalue weighted by molar-refractivity contribution is 7.89. The van der Waals surface area contributed by atoms with Crippen molar-refractivity contribution in [3.05, 3.63) is 54.4 Å². The zero-order valence-corrected chi connectivity index (χ0v) is 15.5. The lowest BCUT2D eigenvalue weighted by Crippen LogP contribution is -2.40. The zero-order valence-electron chi connectivity index (χ0n) is 14.7. The first-order valence-corrected chi connectivity index (χ1v) is 9.99. The van der Waals surface area contributed by atoms with Crippen molar-refractivity contribution < 1.29 is 22.6 Å². The van der Waals surface area contributed by atoms with Crippen LogP contribution in [0.1, 0.15) is 23.2 Å². The number of nitrogens with zero attached hydrogens (tertiary/aromatic N) is 2. The number of hydrogen-bond acceptors (Lipinski definition) is 4. The van der Waals surface area contributed by atoms with Gasteiger partial charge in [-0.05, 0) is 43.2 Å². The molecule has 0 aliphatic carbocycles. The molecule has 0 radical (unpaired) electrons. The highest BCUT2D eigenvalue weighted by atomic mass is 32.2. The molecule has 3 N–H and O–H groups in total. The topological polar surface area (TPSA) is 113 Å². The van der Waals surface area contributed by atoms with Gasteiger partial charge >= 0.3 is 0 Å². The number of pyridine rings is 1. The van der Waals surface area contributed by atoms with Gasteiger partial charge < -0.3 is 11.1 Å². The van der Waals surface area contributed by atoms with E-state index >= 15 is 0 Å². The van der Waals surface area contributed by atoms with Gasteiger partial charge in [0.2, 0.25) is 16.6 Å². The largest absolute Gasteiger partial charge is 0.365 e. The molecule has 1 saturated heterocycles. The minimum absolute atomic E-state index is 0.00501. The minimum atomic E-state index is -3.47. The van der Waals surface area contributed by atoms with Gasteiger partial charge in [0.25, 0.3) is 11.8 Å². The lowest BCUT2D eigenvalue weighted by Gasteiger charge is -2.15. The number of carbonyl (C=O) groups is 2. The Morgan fingerprint density at radius 1 is 1.11 bits per heavy atom. The van der Waals surface area contributed by atoms with Crippen molar-refractivity contribution in [2.45, 2.75) is 24.3 Å². The normalized spacial score (nSPS) is 14.8. The highest BCUT2D eigenvalue weighted by Crippen LogP contribution is 2.22. The molecular formula is C18H21N4O4S+. The molecule has 1 aliphatic rings. The number of hydrogen-bond donors (Lipinski definition) is 2. The van der Waals surface area contributed by atoms with Crippen LogP contribution in [0.5, 0.6) is 0 Å². The summed E-state index contributed by atoms with van der Waals surface area (Å²) in [5.41, 5.74) is 6.03. The Hall–Kier alpha value is -2.78. The lowest BCUT2D eigenvalue weighted by atomic mass is 10.2. The summed E-state index contributed by atoms with van der Waals surface area (Å²) in [7, 11) is -3.47. The third-order valence-electron chi connectivity index (χ3n) is 4.31. The zero-order chi connectivity index (χ0) is 19.4. The van der Waals surface area contributed by atoms with Crippen molar-refractivity contribution in [1.82, 2.24) is 4.31 Å². The predicted molar refractivity (Wildman–Crippen MR) is 98.2 cm³/mol. The molecule has 0 saturated carbocycles. The van der Waals surface area contributed by atoms with Crippen LogP contribution in [-0.4, -0.2) is 37.6 Å². The van der Waals surface area contributed by atoms with Gasteiger partial charge in [0.15, 0.2) is 12.4 Å². The maximum absolute atomic E-state index is 12.5. The number of benzene rings is 1. The van der Waals surface area contributed by atoms with E-state index in [1.54, 1.807) is 35.0 Å². The molecule has 0 bridgehead atoms. The summed E-state index contributed by atoms with van der Waals surface area (Å²) in [6, 6.07) is 9.30. The van der Waals surface area contributed by atoms with Crippen LogP contribution >= 0.6 is 0 Å². The molecule has 1 aliphatic heterocycles. The van der Waals surface area contributed by atoms with Gasteiger partial charge in [-0.15, -0.1) is 0 Å². The van der Waals surface area contributed by atoms with E-state index in [2.05, 4.69) is 5.32 Å². The molecule has 0 spiro atoms. The molecule has 9 heteroatoms. The number of rotatable bonds is 6. The van der Waals surface area contributed by atoms with Crippen molar-refractivity contribution >= 4 is 27.5 Å². The number of nitrogens with two attached hydrogens (primary N) is 1. The molecule has 1 aromatic carbocycles. The van der Waals surface area contributed by atoms with Gasteiger partial charge in [-0.3, -0.25) is 9.59 Å². The fraction of sp³-hybridized carbons (Fsp3) is 0.278. The molecule has 142 valence electrons. The smallest absolute Gasteiger partial charge is 0.290 e. The second-order valence-corrected chi connectivity index (χ2v) is 8.25. The number of sulfonamides is 1. The minimum Gasteiger partial charge on any atom is -0.365 e. The second-order valence-electron chi connectivity index (χ2n) is 6.31. The van der Waals surface area contributed by atoms with Crippen LogP contribution in [0.4, 0.5) is 5.69 Å². The molecule has 1 aromatic heterocycles. The number of anilines is 1. The van der Waals surface area contributed by atoms with Crippen molar-refractivity contribution in [1.29, 1.82) is 0 Å². The predicted octanol–water partition coefficient (Wildman–Crippen LogP) is 0.496. The number of carbonyl (C=O) groups excluding carboxylic acids is 2. The van der Waals surface area contributed by atoms with Gasteiger partial charge in [0.1, 0.15) is 5.56 Å². The summed E-state index contributed by atoms with van der Waals surface area (Å²) < 4.78 is 28.0. The van der Waals surface area contributed by atoms with E-state index in [1.807, 2.05) is 0 Å². The van der Waals surface area contributed by atoms with Gasteiger partial charge in [-0.25, -0.2) is 8.42 Å². The van der Waals surface area contributed by atoms with Gasteiger partial charge in [-0.2, -0.15) is 8.87 Å². The maximum atomic E-state index is 12.5. The van der Waals surface area contributed by atoms with E-state index in [4.69, 9.17) is 5.73 Å². The number of aromatic nitrogens is 1. The highest BCUT2D eigenvalue weighted by Gasteiger charge is 2.27. The van der Waals surface area contributed by atoms with Crippen LogP contribution in [0.25, 0.3) is 0 Å². The molecule has 2 heterocycles. The van der Waals surface area contributed by atoms with Crippen LogP contribution in [0, 0.1) is 0 Å². The van der Waals surface area contributed by atoms with E-state index in [-0.39, 0.29) is 17.3 Å². The Bertz CT molecular complexity index is 952. The summed E-state index contributed by atoms with van der Waals surface area (Å²) in [6.07, 6.45) is 4.90. The molecular weight excluding hydrogens is 368 g/mol. The van der Waals surface area contributed by atoms with Crippen LogP contribution < -0.4 is 15.6 Å². The molecule has 2 aromatic rings. The van der Waals surface area contributed by atoms with E-state index in [9.17, 15) is 18.0 Å².